The molecule has 9 nitrogen and oxygen atoms in total. The molecule has 2 aromatic rings. The van der Waals surface area contributed by atoms with E-state index in [1.807, 2.05) is 0 Å². The molecule has 0 spiro atoms. The highest BCUT2D eigenvalue weighted by molar-refractivity contribution is 6.76. The fourth-order valence-electron chi connectivity index (χ4n) is 2.97. The van der Waals surface area contributed by atoms with Gasteiger partial charge in [-0.2, -0.15) is 0 Å². The molecule has 1 heterocycles. The molecule has 0 N–H and O–H groups in total. The molecule has 0 saturated carbocycles. The fourth-order valence-corrected chi connectivity index (χ4v) is 4.57. The zero-order chi connectivity index (χ0) is 26.2. The summed E-state index contributed by atoms with van der Waals surface area (Å²) in [5, 5.41) is 0.447. The Hall–Kier alpha value is -1.82. The van der Waals surface area contributed by atoms with Gasteiger partial charge >= 0.3 is 6.03 Å². The van der Waals surface area contributed by atoms with E-state index >= 15 is 0 Å². The Morgan fingerprint density at radius 1 is 0.943 bits per heavy atom. The largest absolute Gasteiger partial charge is 0.495 e. The summed E-state index contributed by atoms with van der Waals surface area (Å²) in [6.45, 7) is 7.47. The van der Waals surface area contributed by atoms with Gasteiger partial charge in [-0.3, -0.25) is 9.80 Å². The van der Waals surface area contributed by atoms with Crippen molar-refractivity contribution in [2.45, 2.75) is 25.7 Å². The summed E-state index contributed by atoms with van der Waals surface area (Å²) in [6, 6.07) is 3.43. The van der Waals surface area contributed by atoms with Gasteiger partial charge in [0.2, 0.25) is 0 Å². The molecule has 1 aromatic carbocycles. The number of hydrogen-bond donors (Lipinski definition) is 0. The van der Waals surface area contributed by atoms with E-state index in [2.05, 4.69) is 29.6 Å². The first-order chi connectivity index (χ1) is 16.5. The number of amides is 2. The number of anilines is 2. The van der Waals surface area contributed by atoms with Gasteiger partial charge in [-0.05, 0) is 6.04 Å². The van der Waals surface area contributed by atoms with Gasteiger partial charge in [-0.1, -0.05) is 54.4 Å². The van der Waals surface area contributed by atoms with E-state index in [4.69, 9.17) is 53.8 Å². The Bertz CT molecular complexity index is 982. The highest BCUT2D eigenvalue weighted by atomic mass is 35.5. The Morgan fingerprint density at radius 2 is 1.57 bits per heavy atom. The molecule has 0 radical (unpaired) electrons. The van der Waals surface area contributed by atoms with Crippen LogP contribution in [-0.2, 0) is 9.47 Å². The predicted molar refractivity (Wildman–Crippen MR) is 143 cm³/mol. The van der Waals surface area contributed by atoms with Crippen LogP contribution in [-0.4, -0.2) is 71.9 Å². The van der Waals surface area contributed by atoms with E-state index in [9.17, 15) is 4.79 Å². The fraction of sp³-hybridized carbons (Fsp3) is 0.500. The minimum atomic E-state index is -1.36. The van der Waals surface area contributed by atoms with Crippen LogP contribution >= 0.6 is 34.8 Å². The number of ether oxygens (including phenoxy) is 4. The van der Waals surface area contributed by atoms with Gasteiger partial charge < -0.3 is 18.9 Å². The Morgan fingerprint density at radius 3 is 2.09 bits per heavy atom. The third-order valence-corrected chi connectivity index (χ3v) is 7.56. The molecule has 0 aliphatic carbocycles. The van der Waals surface area contributed by atoms with Gasteiger partial charge in [-0.15, -0.1) is 0 Å². The number of hydrogen-bond acceptors (Lipinski definition) is 7. The van der Waals surface area contributed by atoms with Gasteiger partial charge in [0.15, 0.2) is 0 Å². The van der Waals surface area contributed by atoms with Crippen molar-refractivity contribution in [2.24, 2.45) is 0 Å². The molecule has 35 heavy (non-hydrogen) atoms. The van der Waals surface area contributed by atoms with Gasteiger partial charge in [0.1, 0.15) is 45.6 Å². The van der Waals surface area contributed by atoms with Crippen molar-refractivity contribution in [1.29, 1.82) is 0 Å². The van der Waals surface area contributed by atoms with Crippen molar-refractivity contribution < 1.29 is 23.7 Å². The van der Waals surface area contributed by atoms with Crippen LogP contribution in [0.3, 0.4) is 0 Å². The average Bonchev–Trinajstić information content (AvgIpc) is 2.80. The molecule has 1 aromatic heterocycles. The number of nitrogens with zero attached hydrogens (tertiary/aromatic N) is 4. The summed E-state index contributed by atoms with van der Waals surface area (Å²) >= 11 is 19.4. The van der Waals surface area contributed by atoms with E-state index in [1.54, 1.807) is 6.07 Å². The van der Waals surface area contributed by atoms with Crippen LogP contribution in [0.2, 0.25) is 40.9 Å². The standard InChI is InChI=1S/C22H31Cl3N4O5Si/c1-31-8-7-28(18-12-17(23)26-13-27-18)22(30)29(14-34-9-10-35(4,5)6)21-19(24)15(32-2)11-16(33-3)20(21)25/h11-13H,7-10,14H2,1-6H3. The number of methoxy groups -OCH3 is 3. The third-order valence-electron chi connectivity index (χ3n) is 4.91. The maximum Gasteiger partial charge on any atom is 0.332 e. The minimum Gasteiger partial charge on any atom is -0.495 e. The molecule has 0 aliphatic heterocycles. The molecular formula is C22H31Cl3N4O5Si. The van der Waals surface area contributed by atoms with Gasteiger partial charge in [0, 0.05) is 33.9 Å². The zero-order valence-corrected chi connectivity index (χ0v) is 24.0. The number of benzene rings is 1. The second-order valence-corrected chi connectivity index (χ2v) is 15.4. The summed E-state index contributed by atoms with van der Waals surface area (Å²) < 4.78 is 21.9. The number of urea groups is 1. The molecule has 0 atom stereocenters. The van der Waals surface area contributed by atoms with Gasteiger partial charge in [-0.25, -0.2) is 14.8 Å². The lowest BCUT2D eigenvalue weighted by Gasteiger charge is -2.31. The van der Waals surface area contributed by atoms with E-state index in [0.29, 0.717) is 6.61 Å². The first kappa shape index (κ1) is 29.4. The molecule has 2 amide bonds. The molecule has 194 valence electrons. The number of carbonyl (C=O) groups is 1. The molecule has 2 rings (SSSR count). The van der Waals surface area contributed by atoms with E-state index in [1.165, 1.54) is 43.5 Å². The topological polar surface area (TPSA) is 86.3 Å². The highest BCUT2D eigenvalue weighted by Gasteiger charge is 2.31. The van der Waals surface area contributed by atoms with E-state index in [0.717, 1.165) is 6.04 Å². The lowest BCUT2D eigenvalue weighted by atomic mass is 10.2. The first-order valence-electron chi connectivity index (χ1n) is 10.8. The minimum absolute atomic E-state index is 0.124. The van der Waals surface area contributed by atoms with Crippen molar-refractivity contribution in [3.63, 3.8) is 0 Å². The number of carbonyl (C=O) groups excluding carboxylic acids is 1. The van der Waals surface area contributed by atoms with Crippen molar-refractivity contribution in [1.82, 2.24) is 9.97 Å². The van der Waals surface area contributed by atoms with Crippen LogP contribution in [0.25, 0.3) is 0 Å². The second kappa shape index (κ2) is 13.5. The van der Waals surface area contributed by atoms with Crippen molar-refractivity contribution in [3.05, 3.63) is 33.7 Å². The summed E-state index contributed by atoms with van der Waals surface area (Å²) in [5.74, 6) is 0.855. The summed E-state index contributed by atoms with van der Waals surface area (Å²) in [5.41, 5.74) is 0.185. The maximum atomic E-state index is 14.0. The molecule has 0 saturated heterocycles. The number of rotatable bonds is 12. The van der Waals surface area contributed by atoms with Crippen LogP contribution < -0.4 is 19.3 Å². The van der Waals surface area contributed by atoms with Gasteiger partial charge in [0.05, 0.1) is 33.1 Å². The number of aromatic nitrogens is 2. The maximum absolute atomic E-state index is 14.0. The SMILES string of the molecule is COCCN(C(=O)N(COCC[Si](C)(C)C)c1c(Cl)c(OC)cc(OC)c1Cl)c1cc(Cl)ncn1. The van der Waals surface area contributed by atoms with Crippen LogP contribution in [0.4, 0.5) is 16.3 Å². The zero-order valence-electron chi connectivity index (χ0n) is 20.7. The molecular weight excluding hydrogens is 535 g/mol. The predicted octanol–water partition coefficient (Wildman–Crippen LogP) is 5.85. The van der Waals surface area contributed by atoms with Crippen LogP contribution in [0.5, 0.6) is 11.5 Å². The van der Waals surface area contributed by atoms with Crippen molar-refractivity contribution in [2.75, 3.05) is 57.6 Å². The van der Waals surface area contributed by atoms with E-state index in [-0.39, 0.29) is 58.1 Å². The number of halogens is 3. The Kier molecular flexibility index (Phi) is 11.3. The van der Waals surface area contributed by atoms with Crippen molar-refractivity contribution in [3.8, 4) is 11.5 Å². The summed E-state index contributed by atoms with van der Waals surface area (Å²) in [4.78, 5) is 24.8. The molecule has 13 heteroatoms. The third kappa shape index (κ3) is 8.09. The van der Waals surface area contributed by atoms with E-state index < -0.39 is 14.1 Å². The summed E-state index contributed by atoms with van der Waals surface area (Å²) in [6.07, 6.45) is 1.27. The smallest absolute Gasteiger partial charge is 0.332 e. The summed E-state index contributed by atoms with van der Waals surface area (Å²) in [7, 11) is 3.09. The normalized spacial score (nSPS) is 11.3. The molecule has 0 bridgehead atoms. The lowest BCUT2D eigenvalue weighted by molar-refractivity contribution is 0.147. The first-order valence-corrected chi connectivity index (χ1v) is 15.6. The highest BCUT2D eigenvalue weighted by Crippen LogP contribution is 2.46. The monoisotopic (exact) mass is 564 g/mol. The quantitative estimate of drug-likeness (QED) is 0.138. The Balaban J connectivity index is 2.57. The van der Waals surface area contributed by atoms with Crippen LogP contribution in [0.1, 0.15) is 0 Å². The van der Waals surface area contributed by atoms with Crippen LogP contribution in [0, 0.1) is 0 Å². The van der Waals surface area contributed by atoms with Crippen LogP contribution in [0.15, 0.2) is 18.5 Å². The molecule has 0 fully saturated rings. The lowest BCUT2D eigenvalue weighted by Crippen LogP contribution is -2.46. The Labute approximate surface area is 222 Å². The van der Waals surface area contributed by atoms with Gasteiger partial charge in [0.25, 0.3) is 0 Å². The average molecular weight is 566 g/mol. The van der Waals surface area contributed by atoms with Crippen molar-refractivity contribution >= 4 is 60.4 Å². The second-order valence-electron chi connectivity index (χ2n) is 8.66. The molecule has 0 unspecified atom stereocenters. The molecule has 0 aliphatic rings.